The number of ether oxygens (including phenoxy) is 2. The molecule has 0 unspecified atom stereocenters. The van der Waals surface area contributed by atoms with Crippen LogP contribution in [-0.2, 0) is 17.8 Å². The summed E-state index contributed by atoms with van der Waals surface area (Å²) in [6.07, 6.45) is 0.105. The highest BCUT2D eigenvalue weighted by molar-refractivity contribution is 5.79. The van der Waals surface area contributed by atoms with Gasteiger partial charge >= 0.3 is 0 Å². The van der Waals surface area contributed by atoms with Crippen LogP contribution in [0.4, 0.5) is 10.1 Å². The van der Waals surface area contributed by atoms with Crippen LogP contribution in [0.2, 0.25) is 0 Å². The third-order valence-corrected chi connectivity index (χ3v) is 5.08. The average Bonchev–Trinajstić information content (AvgIpc) is 2.75. The molecule has 0 saturated carbocycles. The van der Waals surface area contributed by atoms with Gasteiger partial charge < -0.3 is 25.0 Å². The summed E-state index contributed by atoms with van der Waals surface area (Å²) in [7, 11) is 1.72. The number of benzene rings is 2. The van der Waals surface area contributed by atoms with Crippen LogP contribution in [0.3, 0.4) is 0 Å². The van der Waals surface area contributed by atoms with Crippen LogP contribution >= 0.6 is 0 Å². The van der Waals surface area contributed by atoms with Crippen molar-refractivity contribution in [3.05, 3.63) is 58.9 Å². The number of nitrogens with zero attached hydrogens (tertiary/aromatic N) is 2. The Bertz CT molecular complexity index is 895. The van der Waals surface area contributed by atoms with Gasteiger partial charge in [0.2, 0.25) is 0 Å². The van der Waals surface area contributed by atoms with E-state index in [2.05, 4.69) is 27.8 Å². The summed E-state index contributed by atoms with van der Waals surface area (Å²) in [5.74, 6) is 1.31. The van der Waals surface area contributed by atoms with Crippen LogP contribution in [0, 0.1) is 12.7 Å². The van der Waals surface area contributed by atoms with Crippen molar-refractivity contribution in [2.45, 2.75) is 40.0 Å². The van der Waals surface area contributed by atoms with Crippen molar-refractivity contribution in [3.8, 4) is 5.75 Å². The number of aryl methyl sites for hydroxylation is 1. The summed E-state index contributed by atoms with van der Waals surface area (Å²) >= 11 is 0. The van der Waals surface area contributed by atoms with Crippen molar-refractivity contribution in [2.75, 3.05) is 38.3 Å². The maximum Gasteiger partial charge on any atom is 0.191 e. The SMILES string of the molecule is CN=C(NCc1ccc(N2CCOCC2)c(F)c1)NCc1ccc(C)cc1OC(C)C. The predicted octanol–water partition coefficient (Wildman–Crippen LogP) is 3.62. The quantitative estimate of drug-likeness (QED) is 0.521. The first-order valence-corrected chi connectivity index (χ1v) is 10.8. The van der Waals surface area contributed by atoms with Crippen LogP contribution in [0.5, 0.6) is 5.75 Å². The van der Waals surface area contributed by atoms with Crippen LogP contribution in [0.15, 0.2) is 41.4 Å². The van der Waals surface area contributed by atoms with Gasteiger partial charge in [0.05, 0.1) is 25.0 Å². The van der Waals surface area contributed by atoms with E-state index in [0.29, 0.717) is 51.0 Å². The molecule has 0 aromatic heterocycles. The van der Waals surface area contributed by atoms with Crippen LogP contribution in [0.1, 0.15) is 30.5 Å². The number of rotatable bonds is 7. The van der Waals surface area contributed by atoms with Crippen LogP contribution < -0.4 is 20.3 Å². The molecule has 0 atom stereocenters. The predicted molar refractivity (Wildman–Crippen MR) is 123 cm³/mol. The lowest BCUT2D eigenvalue weighted by Gasteiger charge is -2.29. The summed E-state index contributed by atoms with van der Waals surface area (Å²) in [6.45, 7) is 9.83. The first kappa shape index (κ1) is 22.9. The topological polar surface area (TPSA) is 58.1 Å². The van der Waals surface area contributed by atoms with E-state index in [1.165, 1.54) is 0 Å². The van der Waals surface area contributed by atoms with E-state index >= 15 is 0 Å². The average molecular weight is 429 g/mol. The molecule has 0 aliphatic carbocycles. The number of nitrogens with one attached hydrogen (secondary N) is 2. The maximum atomic E-state index is 14.6. The number of anilines is 1. The van der Waals surface area contributed by atoms with E-state index in [0.717, 1.165) is 22.4 Å². The molecule has 31 heavy (non-hydrogen) atoms. The number of hydrogen-bond donors (Lipinski definition) is 2. The van der Waals surface area contributed by atoms with Gasteiger partial charge in [0, 0.05) is 38.8 Å². The second kappa shape index (κ2) is 11.0. The van der Waals surface area contributed by atoms with Gasteiger partial charge in [-0.25, -0.2) is 4.39 Å². The Hall–Kier alpha value is -2.80. The molecule has 6 nitrogen and oxygen atoms in total. The smallest absolute Gasteiger partial charge is 0.191 e. The second-order valence-corrected chi connectivity index (χ2v) is 7.94. The van der Waals surface area contributed by atoms with Gasteiger partial charge in [-0.05, 0) is 50.1 Å². The maximum absolute atomic E-state index is 14.6. The van der Waals surface area contributed by atoms with Crippen molar-refractivity contribution in [2.24, 2.45) is 4.99 Å². The van der Waals surface area contributed by atoms with E-state index in [-0.39, 0.29) is 11.9 Å². The zero-order chi connectivity index (χ0) is 22.2. The molecular formula is C24H33FN4O2. The van der Waals surface area contributed by atoms with Crippen molar-refractivity contribution in [1.29, 1.82) is 0 Å². The van der Waals surface area contributed by atoms with Gasteiger partial charge in [-0.15, -0.1) is 0 Å². The van der Waals surface area contributed by atoms with E-state index in [1.54, 1.807) is 13.1 Å². The minimum Gasteiger partial charge on any atom is -0.491 e. The van der Waals surface area contributed by atoms with Gasteiger partial charge in [-0.2, -0.15) is 0 Å². The van der Waals surface area contributed by atoms with Gasteiger partial charge in [0.1, 0.15) is 11.6 Å². The van der Waals surface area contributed by atoms with Crippen molar-refractivity contribution in [3.63, 3.8) is 0 Å². The highest BCUT2D eigenvalue weighted by Crippen LogP contribution is 2.22. The fraction of sp³-hybridized carbons (Fsp3) is 0.458. The zero-order valence-corrected chi connectivity index (χ0v) is 18.9. The molecule has 2 N–H and O–H groups in total. The normalized spacial score (nSPS) is 14.6. The monoisotopic (exact) mass is 428 g/mol. The summed E-state index contributed by atoms with van der Waals surface area (Å²) in [6, 6.07) is 11.6. The molecule has 1 fully saturated rings. The molecule has 2 aromatic rings. The van der Waals surface area contributed by atoms with E-state index in [9.17, 15) is 4.39 Å². The molecule has 1 aliphatic rings. The van der Waals surface area contributed by atoms with Gasteiger partial charge in [-0.3, -0.25) is 4.99 Å². The summed E-state index contributed by atoms with van der Waals surface area (Å²) < 4.78 is 25.9. The fourth-order valence-corrected chi connectivity index (χ4v) is 3.48. The van der Waals surface area contributed by atoms with Crippen LogP contribution in [-0.4, -0.2) is 45.4 Å². The van der Waals surface area contributed by atoms with Gasteiger partial charge in [-0.1, -0.05) is 18.2 Å². The molecule has 0 amide bonds. The molecule has 2 aromatic carbocycles. The Labute approximate surface area is 184 Å². The third-order valence-electron chi connectivity index (χ3n) is 5.08. The van der Waals surface area contributed by atoms with E-state index in [1.807, 2.05) is 43.9 Å². The molecule has 1 heterocycles. The van der Waals surface area contributed by atoms with Crippen LogP contribution in [0.25, 0.3) is 0 Å². The Morgan fingerprint density at radius 3 is 2.55 bits per heavy atom. The molecule has 0 bridgehead atoms. The minimum atomic E-state index is -0.209. The lowest BCUT2D eigenvalue weighted by atomic mass is 10.1. The first-order chi connectivity index (χ1) is 15.0. The summed E-state index contributed by atoms with van der Waals surface area (Å²) in [5.41, 5.74) is 3.70. The molecule has 0 spiro atoms. The Morgan fingerprint density at radius 2 is 1.87 bits per heavy atom. The Morgan fingerprint density at radius 1 is 1.13 bits per heavy atom. The highest BCUT2D eigenvalue weighted by atomic mass is 19.1. The lowest BCUT2D eigenvalue weighted by molar-refractivity contribution is 0.122. The molecule has 1 aliphatic heterocycles. The molecular weight excluding hydrogens is 395 g/mol. The Balaban J connectivity index is 1.57. The lowest BCUT2D eigenvalue weighted by Crippen LogP contribution is -2.37. The summed E-state index contributed by atoms with van der Waals surface area (Å²) in [4.78, 5) is 6.30. The number of guanidine groups is 1. The van der Waals surface area contributed by atoms with Crippen molar-refractivity contribution < 1.29 is 13.9 Å². The Kier molecular flexibility index (Phi) is 8.12. The number of hydrogen-bond acceptors (Lipinski definition) is 4. The van der Waals surface area contributed by atoms with Gasteiger partial charge in [0.15, 0.2) is 5.96 Å². The molecule has 1 saturated heterocycles. The largest absolute Gasteiger partial charge is 0.491 e. The zero-order valence-electron chi connectivity index (χ0n) is 18.9. The number of aliphatic imine (C=N–C) groups is 1. The van der Waals surface area contributed by atoms with Crippen molar-refractivity contribution in [1.82, 2.24) is 10.6 Å². The molecule has 3 rings (SSSR count). The number of morpholine rings is 1. The van der Waals surface area contributed by atoms with Crippen molar-refractivity contribution >= 4 is 11.6 Å². The standard InChI is InChI=1S/C24H33FN4O2/c1-17(2)31-23-13-18(3)5-7-20(23)16-28-24(26-4)27-15-19-6-8-22(21(25)14-19)29-9-11-30-12-10-29/h5-8,13-14,17H,9-12,15-16H2,1-4H3,(H2,26,27,28). The summed E-state index contributed by atoms with van der Waals surface area (Å²) in [5, 5.41) is 6.56. The molecule has 0 radical (unpaired) electrons. The fourth-order valence-electron chi connectivity index (χ4n) is 3.48. The van der Waals surface area contributed by atoms with Gasteiger partial charge in [0.25, 0.3) is 0 Å². The van der Waals surface area contributed by atoms with E-state index in [4.69, 9.17) is 9.47 Å². The molecule has 7 heteroatoms. The number of halogens is 1. The molecule has 168 valence electrons. The highest BCUT2D eigenvalue weighted by Gasteiger charge is 2.15. The third kappa shape index (κ3) is 6.59. The second-order valence-electron chi connectivity index (χ2n) is 7.94. The first-order valence-electron chi connectivity index (χ1n) is 10.8. The van der Waals surface area contributed by atoms with E-state index < -0.39 is 0 Å². The minimum absolute atomic E-state index is 0.105.